The van der Waals surface area contributed by atoms with Gasteiger partial charge in [0.25, 0.3) is 0 Å². The van der Waals surface area contributed by atoms with Gasteiger partial charge in [0.15, 0.2) is 0 Å². The average Bonchev–Trinajstić information content (AvgIpc) is 2.43. The molecular formula is C15H25N3O2S. The van der Waals surface area contributed by atoms with Gasteiger partial charge in [-0.2, -0.15) is 4.31 Å². The molecule has 1 aromatic carbocycles. The second-order valence-corrected chi connectivity index (χ2v) is 7.68. The summed E-state index contributed by atoms with van der Waals surface area (Å²) >= 11 is 0. The van der Waals surface area contributed by atoms with E-state index in [2.05, 4.69) is 16.3 Å². The first-order valence-corrected chi connectivity index (χ1v) is 8.73. The van der Waals surface area contributed by atoms with Crippen molar-refractivity contribution >= 4 is 10.0 Å². The van der Waals surface area contributed by atoms with E-state index in [4.69, 9.17) is 0 Å². The van der Waals surface area contributed by atoms with Crippen molar-refractivity contribution in [2.75, 3.05) is 40.3 Å². The Hall–Kier alpha value is -0.950. The molecule has 1 aliphatic rings. The molecule has 0 aliphatic carbocycles. The lowest BCUT2D eigenvalue weighted by Gasteiger charge is -2.32. The number of hydrogen-bond acceptors (Lipinski definition) is 4. The van der Waals surface area contributed by atoms with Gasteiger partial charge in [0, 0.05) is 32.7 Å². The largest absolute Gasteiger partial charge is 0.316 e. The predicted molar refractivity (Wildman–Crippen MR) is 84.9 cm³/mol. The van der Waals surface area contributed by atoms with Gasteiger partial charge in [0.2, 0.25) is 10.0 Å². The lowest BCUT2D eigenvalue weighted by Crippen LogP contribution is -2.47. The van der Waals surface area contributed by atoms with E-state index in [0.29, 0.717) is 24.5 Å². The highest BCUT2D eigenvalue weighted by Crippen LogP contribution is 2.25. The highest BCUT2D eigenvalue weighted by Gasteiger charge is 2.29. The molecule has 1 saturated heterocycles. The highest BCUT2D eigenvalue weighted by molar-refractivity contribution is 7.89. The van der Waals surface area contributed by atoms with Crippen molar-refractivity contribution in [3.63, 3.8) is 0 Å². The van der Waals surface area contributed by atoms with Crippen molar-refractivity contribution in [3.05, 3.63) is 28.8 Å². The molecular weight excluding hydrogens is 286 g/mol. The normalized spacial score (nSPS) is 18.1. The average molecular weight is 311 g/mol. The van der Waals surface area contributed by atoms with Crippen molar-refractivity contribution in [2.45, 2.75) is 25.3 Å². The smallest absolute Gasteiger partial charge is 0.243 e. The molecule has 1 aliphatic heterocycles. The number of sulfonamides is 1. The van der Waals surface area contributed by atoms with E-state index in [1.54, 1.807) is 4.31 Å². The number of nitrogens with zero attached hydrogens (tertiary/aromatic N) is 2. The summed E-state index contributed by atoms with van der Waals surface area (Å²) in [4.78, 5) is 2.61. The van der Waals surface area contributed by atoms with E-state index >= 15 is 0 Å². The topological polar surface area (TPSA) is 52.7 Å². The molecule has 5 nitrogen and oxygen atoms in total. The van der Waals surface area contributed by atoms with Gasteiger partial charge < -0.3 is 10.2 Å². The molecule has 0 bridgehead atoms. The third-order valence-corrected chi connectivity index (χ3v) is 6.17. The summed E-state index contributed by atoms with van der Waals surface area (Å²) in [5.41, 5.74) is 2.89. The summed E-state index contributed by atoms with van der Waals surface area (Å²) in [6.45, 7) is 7.23. The van der Waals surface area contributed by atoms with E-state index < -0.39 is 10.0 Å². The van der Waals surface area contributed by atoms with Crippen molar-refractivity contribution in [1.82, 2.24) is 14.5 Å². The summed E-state index contributed by atoms with van der Waals surface area (Å²) in [6, 6.07) is 3.86. The molecule has 6 heteroatoms. The second kappa shape index (κ2) is 6.44. The number of aryl methyl sites for hydroxylation is 1. The Bertz CT molecular complexity index is 606. The van der Waals surface area contributed by atoms with Crippen LogP contribution in [0, 0.1) is 13.8 Å². The zero-order valence-corrected chi connectivity index (χ0v) is 14.1. The number of rotatable bonds is 4. The standard InChI is InChI=1S/C15H25N3O2S/c1-12-9-14(11-16-3)10-15(13(12)2)21(19,20)18-7-5-17(4)6-8-18/h9-10,16H,5-8,11H2,1-4H3. The van der Waals surface area contributed by atoms with Crippen LogP contribution in [-0.4, -0.2) is 57.9 Å². The van der Waals surface area contributed by atoms with Gasteiger partial charge in [-0.15, -0.1) is 0 Å². The molecule has 1 aromatic rings. The molecule has 21 heavy (non-hydrogen) atoms. The van der Waals surface area contributed by atoms with Crippen molar-refractivity contribution in [2.24, 2.45) is 0 Å². The van der Waals surface area contributed by atoms with Crippen LogP contribution in [0.15, 0.2) is 17.0 Å². The molecule has 118 valence electrons. The molecule has 0 atom stereocenters. The zero-order valence-electron chi connectivity index (χ0n) is 13.3. The molecule has 0 saturated carbocycles. The highest BCUT2D eigenvalue weighted by atomic mass is 32.2. The Morgan fingerprint density at radius 1 is 1.14 bits per heavy atom. The Morgan fingerprint density at radius 3 is 2.33 bits per heavy atom. The summed E-state index contributed by atoms with van der Waals surface area (Å²) < 4.78 is 27.4. The first kappa shape index (κ1) is 16.4. The Kier molecular flexibility index (Phi) is 5.03. The summed E-state index contributed by atoms with van der Waals surface area (Å²) in [5.74, 6) is 0. The lowest BCUT2D eigenvalue weighted by molar-refractivity contribution is 0.222. The summed E-state index contributed by atoms with van der Waals surface area (Å²) in [5, 5.41) is 3.08. The molecule has 2 rings (SSSR count). The van der Waals surface area contributed by atoms with Gasteiger partial charge in [-0.05, 0) is 50.7 Å². The van der Waals surface area contributed by atoms with Gasteiger partial charge in [-0.1, -0.05) is 6.07 Å². The Morgan fingerprint density at radius 2 is 1.76 bits per heavy atom. The molecule has 0 spiro atoms. The van der Waals surface area contributed by atoms with Crippen LogP contribution in [-0.2, 0) is 16.6 Å². The minimum atomic E-state index is -3.40. The first-order chi connectivity index (χ1) is 9.86. The molecule has 0 amide bonds. The molecule has 0 aromatic heterocycles. The zero-order chi connectivity index (χ0) is 15.6. The predicted octanol–water partition coefficient (Wildman–Crippen LogP) is 0.959. The molecule has 1 fully saturated rings. The number of nitrogens with one attached hydrogen (secondary N) is 1. The number of benzene rings is 1. The Balaban J connectivity index is 2.39. The maximum absolute atomic E-state index is 12.9. The monoisotopic (exact) mass is 311 g/mol. The van der Waals surface area contributed by atoms with Crippen LogP contribution >= 0.6 is 0 Å². The van der Waals surface area contributed by atoms with Crippen LogP contribution in [0.1, 0.15) is 16.7 Å². The van der Waals surface area contributed by atoms with Crippen LogP contribution in [0.4, 0.5) is 0 Å². The molecule has 0 unspecified atom stereocenters. The van der Waals surface area contributed by atoms with E-state index in [0.717, 1.165) is 29.8 Å². The van der Waals surface area contributed by atoms with Crippen molar-refractivity contribution in [1.29, 1.82) is 0 Å². The minimum Gasteiger partial charge on any atom is -0.316 e. The van der Waals surface area contributed by atoms with Gasteiger partial charge in [-0.25, -0.2) is 8.42 Å². The van der Waals surface area contributed by atoms with E-state index in [1.165, 1.54) is 0 Å². The first-order valence-electron chi connectivity index (χ1n) is 7.29. The van der Waals surface area contributed by atoms with Crippen LogP contribution in [0.5, 0.6) is 0 Å². The maximum Gasteiger partial charge on any atom is 0.243 e. The summed E-state index contributed by atoms with van der Waals surface area (Å²) in [7, 11) is 0.485. The lowest BCUT2D eigenvalue weighted by atomic mass is 10.1. The van der Waals surface area contributed by atoms with Crippen LogP contribution in [0.25, 0.3) is 0 Å². The SMILES string of the molecule is CNCc1cc(C)c(C)c(S(=O)(=O)N2CCN(C)CC2)c1. The van der Waals surface area contributed by atoms with E-state index in [1.807, 2.05) is 34.0 Å². The van der Waals surface area contributed by atoms with Gasteiger partial charge in [0.05, 0.1) is 4.90 Å². The number of likely N-dealkylation sites (N-methyl/N-ethyl adjacent to an activating group) is 1. The van der Waals surface area contributed by atoms with Gasteiger partial charge in [-0.3, -0.25) is 0 Å². The van der Waals surface area contributed by atoms with Crippen molar-refractivity contribution in [3.8, 4) is 0 Å². The van der Waals surface area contributed by atoms with Gasteiger partial charge in [0.1, 0.15) is 0 Å². The summed E-state index contributed by atoms with van der Waals surface area (Å²) in [6.07, 6.45) is 0. The fourth-order valence-corrected chi connectivity index (χ4v) is 4.41. The van der Waals surface area contributed by atoms with E-state index in [-0.39, 0.29) is 0 Å². The second-order valence-electron chi connectivity index (χ2n) is 5.77. The third-order valence-electron chi connectivity index (χ3n) is 4.14. The van der Waals surface area contributed by atoms with Crippen LogP contribution in [0.2, 0.25) is 0 Å². The number of piperazine rings is 1. The minimum absolute atomic E-state index is 0.456. The van der Waals surface area contributed by atoms with Crippen LogP contribution < -0.4 is 5.32 Å². The number of hydrogen-bond donors (Lipinski definition) is 1. The molecule has 1 N–H and O–H groups in total. The van der Waals surface area contributed by atoms with Crippen LogP contribution in [0.3, 0.4) is 0 Å². The fraction of sp³-hybridized carbons (Fsp3) is 0.600. The van der Waals surface area contributed by atoms with Crippen molar-refractivity contribution < 1.29 is 8.42 Å². The quantitative estimate of drug-likeness (QED) is 0.900. The molecule has 0 radical (unpaired) electrons. The fourth-order valence-electron chi connectivity index (χ4n) is 2.64. The maximum atomic E-state index is 12.9. The Labute approximate surface area is 128 Å². The molecule has 1 heterocycles. The van der Waals surface area contributed by atoms with Gasteiger partial charge >= 0.3 is 0 Å². The van der Waals surface area contributed by atoms with E-state index in [9.17, 15) is 8.42 Å². The third kappa shape index (κ3) is 3.45.